The van der Waals surface area contributed by atoms with E-state index in [1.165, 1.54) is 6.26 Å². The summed E-state index contributed by atoms with van der Waals surface area (Å²) < 4.78 is 29.8. The van der Waals surface area contributed by atoms with Crippen LogP contribution < -0.4 is 10.6 Å². The van der Waals surface area contributed by atoms with Crippen molar-refractivity contribution in [1.82, 2.24) is 9.97 Å². The van der Waals surface area contributed by atoms with Gasteiger partial charge in [0.05, 0.1) is 31.0 Å². The molecule has 1 saturated carbocycles. The molecule has 0 spiro atoms. The molecule has 2 N–H and O–H groups in total. The fourth-order valence-electron chi connectivity index (χ4n) is 3.95. The summed E-state index contributed by atoms with van der Waals surface area (Å²) in [4.78, 5) is 11.7. The van der Waals surface area contributed by atoms with Crippen molar-refractivity contribution in [3.05, 3.63) is 36.0 Å². The standard InChI is InChI=1S/C20H26N4O3S/c1-13-11-27-12-14(2)24(13)18-10-17(20(8-9-20)28(3,25)26)22-19(23-18)15-4-6-16(21)7-5-15/h4-7,10,13-14H,8-9,11-12,21H2,1-3H3. The Morgan fingerprint density at radius 1 is 1.11 bits per heavy atom. The van der Waals surface area contributed by atoms with Gasteiger partial charge in [-0.15, -0.1) is 0 Å². The maximum absolute atomic E-state index is 12.5. The minimum absolute atomic E-state index is 0.138. The molecule has 0 bridgehead atoms. The van der Waals surface area contributed by atoms with E-state index < -0.39 is 14.6 Å². The Morgan fingerprint density at radius 3 is 2.25 bits per heavy atom. The molecular weight excluding hydrogens is 376 g/mol. The molecule has 2 atom stereocenters. The number of nitrogens with two attached hydrogens (primary N) is 1. The predicted octanol–water partition coefficient (Wildman–Crippen LogP) is 2.37. The number of hydrogen-bond donors (Lipinski definition) is 1. The first kappa shape index (κ1) is 19.1. The lowest BCUT2D eigenvalue weighted by Crippen LogP contribution is -2.50. The van der Waals surface area contributed by atoms with Gasteiger partial charge in [-0.2, -0.15) is 0 Å². The minimum Gasteiger partial charge on any atom is -0.399 e. The first-order chi connectivity index (χ1) is 13.2. The first-order valence-electron chi connectivity index (χ1n) is 9.52. The van der Waals surface area contributed by atoms with Crippen molar-refractivity contribution in [2.45, 2.75) is 43.5 Å². The van der Waals surface area contributed by atoms with Gasteiger partial charge < -0.3 is 15.4 Å². The SMILES string of the molecule is CC1COCC(C)N1c1cc(C2(S(C)(=O)=O)CC2)nc(-c2ccc(N)cc2)n1. The number of rotatable bonds is 4. The smallest absolute Gasteiger partial charge is 0.161 e. The third-order valence-corrected chi connectivity index (χ3v) is 7.73. The summed E-state index contributed by atoms with van der Waals surface area (Å²) in [5.41, 5.74) is 7.87. The molecule has 0 amide bonds. The van der Waals surface area contributed by atoms with E-state index in [4.69, 9.17) is 15.5 Å². The third kappa shape index (κ3) is 3.24. The van der Waals surface area contributed by atoms with Crippen LogP contribution in [0.3, 0.4) is 0 Å². The monoisotopic (exact) mass is 402 g/mol. The highest BCUT2D eigenvalue weighted by molar-refractivity contribution is 7.91. The molecule has 1 aromatic heterocycles. The van der Waals surface area contributed by atoms with Crippen molar-refractivity contribution >= 4 is 21.3 Å². The van der Waals surface area contributed by atoms with Gasteiger partial charge in [0.1, 0.15) is 10.6 Å². The van der Waals surface area contributed by atoms with Crippen molar-refractivity contribution < 1.29 is 13.2 Å². The zero-order chi connectivity index (χ0) is 20.1. The van der Waals surface area contributed by atoms with Gasteiger partial charge in [-0.05, 0) is 51.0 Å². The van der Waals surface area contributed by atoms with Gasteiger partial charge in [0.2, 0.25) is 0 Å². The molecule has 8 heteroatoms. The predicted molar refractivity (Wildman–Crippen MR) is 110 cm³/mol. The Morgan fingerprint density at radius 2 is 1.71 bits per heavy atom. The summed E-state index contributed by atoms with van der Waals surface area (Å²) in [5.74, 6) is 1.27. The van der Waals surface area contributed by atoms with E-state index >= 15 is 0 Å². The van der Waals surface area contributed by atoms with Crippen LogP contribution in [-0.2, 0) is 19.3 Å². The van der Waals surface area contributed by atoms with Crippen LogP contribution in [0.25, 0.3) is 11.4 Å². The van der Waals surface area contributed by atoms with Crippen molar-refractivity contribution in [3.63, 3.8) is 0 Å². The lowest BCUT2D eigenvalue weighted by molar-refractivity contribution is 0.0752. The molecule has 1 saturated heterocycles. The fourth-order valence-corrected chi connectivity index (χ4v) is 5.28. The van der Waals surface area contributed by atoms with Gasteiger partial charge >= 0.3 is 0 Å². The molecule has 150 valence electrons. The second-order valence-corrected chi connectivity index (χ2v) is 10.3. The van der Waals surface area contributed by atoms with Crippen LogP contribution in [-0.4, -0.2) is 49.9 Å². The number of hydrogen-bond acceptors (Lipinski definition) is 7. The normalized spacial score (nSPS) is 24.2. The number of nitrogen functional groups attached to an aromatic ring is 1. The van der Waals surface area contributed by atoms with Crippen LogP contribution in [0.4, 0.5) is 11.5 Å². The van der Waals surface area contributed by atoms with Crippen LogP contribution in [0.1, 0.15) is 32.4 Å². The van der Waals surface area contributed by atoms with Gasteiger partial charge in [-0.25, -0.2) is 18.4 Å². The molecule has 0 radical (unpaired) electrons. The van der Waals surface area contributed by atoms with Crippen molar-refractivity contribution in [2.24, 2.45) is 0 Å². The zero-order valence-corrected chi connectivity index (χ0v) is 17.2. The van der Waals surface area contributed by atoms with Crippen molar-refractivity contribution in [2.75, 3.05) is 30.1 Å². The topological polar surface area (TPSA) is 98.4 Å². The summed E-state index contributed by atoms with van der Waals surface area (Å²) in [6.07, 6.45) is 2.49. The first-order valence-corrected chi connectivity index (χ1v) is 11.4. The van der Waals surface area contributed by atoms with E-state index in [1.54, 1.807) is 12.1 Å². The van der Waals surface area contributed by atoms with Crippen molar-refractivity contribution in [1.29, 1.82) is 0 Å². The van der Waals surface area contributed by atoms with Crippen LogP contribution in [0.5, 0.6) is 0 Å². The second kappa shape index (κ2) is 6.70. The second-order valence-electron chi connectivity index (χ2n) is 7.97. The van der Waals surface area contributed by atoms with E-state index in [-0.39, 0.29) is 12.1 Å². The number of aromatic nitrogens is 2. The molecular formula is C20H26N4O3S. The third-order valence-electron chi connectivity index (χ3n) is 5.69. The Balaban J connectivity index is 1.88. The molecule has 2 aromatic rings. The van der Waals surface area contributed by atoms with Crippen LogP contribution in [0.15, 0.2) is 30.3 Å². The molecule has 2 fully saturated rings. The average Bonchev–Trinajstić information content (AvgIpc) is 3.44. The molecule has 2 heterocycles. The summed E-state index contributed by atoms with van der Waals surface area (Å²) >= 11 is 0. The van der Waals surface area contributed by atoms with E-state index in [0.29, 0.717) is 43.3 Å². The highest BCUT2D eigenvalue weighted by Gasteiger charge is 2.55. The lowest BCUT2D eigenvalue weighted by Gasteiger charge is -2.40. The molecule has 2 unspecified atom stereocenters. The Hall–Kier alpha value is -2.19. The molecule has 4 rings (SSSR count). The number of sulfone groups is 1. The summed E-state index contributed by atoms with van der Waals surface area (Å²) in [7, 11) is -3.28. The van der Waals surface area contributed by atoms with Gasteiger partial charge in [-0.3, -0.25) is 0 Å². The molecule has 2 aliphatic rings. The highest BCUT2D eigenvalue weighted by atomic mass is 32.2. The van der Waals surface area contributed by atoms with Gasteiger partial charge in [-0.1, -0.05) is 0 Å². The number of morpholine rings is 1. The van der Waals surface area contributed by atoms with Gasteiger partial charge in [0.15, 0.2) is 15.7 Å². The maximum atomic E-state index is 12.5. The average molecular weight is 403 g/mol. The van der Waals surface area contributed by atoms with Gasteiger partial charge in [0, 0.05) is 23.6 Å². The number of anilines is 2. The van der Waals surface area contributed by atoms with Crippen LogP contribution in [0, 0.1) is 0 Å². The lowest BCUT2D eigenvalue weighted by atomic mass is 10.1. The molecule has 1 aromatic carbocycles. The molecule has 1 aliphatic carbocycles. The molecule has 7 nitrogen and oxygen atoms in total. The Kier molecular flexibility index (Phi) is 4.58. The van der Waals surface area contributed by atoms with E-state index in [2.05, 4.69) is 23.7 Å². The largest absolute Gasteiger partial charge is 0.399 e. The van der Waals surface area contributed by atoms with Crippen LogP contribution >= 0.6 is 0 Å². The minimum atomic E-state index is -3.28. The molecule has 1 aliphatic heterocycles. The maximum Gasteiger partial charge on any atom is 0.161 e. The Labute approximate surface area is 165 Å². The summed E-state index contributed by atoms with van der Waals surface area (Å²) in [6, 6.07) is 9.46. The van der Waals surface area contributed by atoms with Gasteiger partial charge in [0.25, 0.3) is 0 Å². The number of nitrogens with zero attached hydrogens (tertiary/aromatic N) is 3. The fraction of sp³-hybridized carbons (Fsp3) is 0.500. The quantitative estimate of drug-likeness (QED) is 0.784. The van der Waals surface area contributed by atoms with Crippen molar-refractivity contribution in [3.8, 4) is 11.4 Å². The zero-order valence-electron chi connectivity index (χ0n) is 16.4. The molecule has 28 heavy (non-hydrogen) atoms. The van der Waals surface area contributed by atoms with E-state index in [9.17, 15) is 8.42 Å². The van der Waals surface area contributed by atoms with E-state index in [0.717, 1.165) is 11.4 Å². The van der Waals surface area contributed by atoms with Crippen LogP contribution in [0.2, 0.25) is 0 Å². The highest BCUT2D eigenvalue weighted by Crippen LogP contribution is 2.52. The summed E-state index contributed by atoms with van der Waals surface area (Å²) in [5, 5.41) is 0. The number of benzene rings is 1. The number of ether oxygens (including phenoxy) is 1. The van der Waals surface area contributed by atoms with E-state index in [1.807, 2.05) is 18.2 Å². The Bertz CT molecular complexity index is 977. The summed E-state index contributed by atoms with van der Waals surface area (Å²) in [6.45, 7) is 5.39.